The second kappa shape index (κ2) is 5.61. The number of nitriles is 1. The number of likely N-dealkylation sites (N-methyl/N-ethyl adjacent to an activating group) is 1. The molecule has 0 amide bonds. The summed E-state index contributed by atoms with van der Waals surface area (Å²) in [7, 11) is 1.71. The van der Waals surface area contributed by atoms with E-state index in [0.29, 0.717) is 17.7 Å². The summed E-state index contributed by atoms with van der Waals surface area (Å²) in [5.41, 5.74) is 2.01. The monoisotopic (exact) mass is 220 g/mol. The van der Waals surface area contributed by atoms with E-state index in [0.717, 1.165) is 5.56 Å². The van der Waals surface area contributed by atoms with Crippen molar-refractivity contribution >= 4 is 0 Å². The fourth-order valence-corrected chi connectivity index (χ4v) is 1.54. The van der Waals surface area contributed by atoms with Gasteiger partial charge in [0, 0.05) is 6.54 Å². The zero-order valence-electron chi connectivity index (χ0n) is 9.44. The zero-order chi connectivity index (χ0) is 12.1. The van der Waals surface area contributed by atoms with Crippen LogP contribution in [0.1, 0.15) is 22.8 Å². The summed E-state index contributed by atoms with van der Waals surface area (Å²) in [5, 5.41) is 31.0. The molecule has 0 radical (unpaired) electrons. The minimum atomic E-state index is -0.932. The van der Waals surface area contributed by atoms with Gasteiger partial charge >= 0.3 is 0 Å². The van der Waals surface area contributed by atoms with Crippen molar-refractivity contribution in [3.8, 4) is 6.07 Å². The van der Waals surface area contributed by atoms with Crippen molar-refractivity contribution in [1.82, 2.24) is 5.32 Å². The van der Waals surface area contributed by atoms with Crippen molar-refractivity contribution < 1.29 is 10.2 Å². The van der Waals surface area contributed by atoms with Crippen molar-refractivity contribution in [2.45, 2.75) is 19.1 Å². The second-order valence-corrected chi connectivity index (χ2v) is 3.76. The van der Waals surface area contributed by atoms with Gasteiger partial charge in [0.25, 0.3) is 0 Å². The summed E-state index contributed by atoms with van der Waals surface area (Å²) in [6, 6.07) is 7.10. The Morgan fingerprint density at radius 3 is 2.62 bits per heavy atom. The summed E-state index contributed by atoms with van der Waals surface area (Å²) in [6.07, 6.45) is -1.78. The molecule has 0 aliphatic heterocycles. The van der Waals surface area contributed by atoms with Crippen molar-refractivity contribution in [3.63, 3.8) is 0 Å². The van der Waals surface area contributed by atoms with Gasteiger partial charge in [-0.3, -0.25) is 0 Å². The van der Waals surface area contributed by atoms with E-state index in [4.69, 9.17) is 5.26 Å². The molecule has 0 saturated carbocycles. The third-order valence-electron chi connectivity index (χ3n) is 2.49. The fraction of sp³-hybridized carbons (Fsp3) is 0.417. The second-order valence-electron chi connectivity index (χ2n) is 3.76. The lowest BCUT2D eigenvalue weighted by atomic mass is 9.99. The molecule has 0 saturated heterocycles. The van der Waals surface area contributed by atoms with Crippen LogP contribution in [0.2, 0.25) is 0 Å². The standard InChI is InChI=1S/C12H16N2O2/c1-8-5-9(3-4-10(8)6-13)12(16)11(15)7-14-2/h3-5,11-12,14-16H,7H2,1-2H3. The highest BCUT2D eigenvalue weighted by Crippen LogP contribution is 2.19. The summed E-state index contributed by atoms with van der Waals surface area (Å²) in [4.78, 5) is 0. The van der Waals surface area contributed by atoms with Crippen LogP contribution in [0, 0.1) is 18.3 Å². The Hall–Kier alpha value is -1.41. The van der Waals surface area contributed by atoms with Gasteiger partial charge in [-0.05, 0) is 31.2 Å². The minimum Gasteiger partial charge on any atom is -0.389 e. The zero-order valence-corrected chi connectivity index (χ0v) is 9.44. The van der Waals surface area contributed by atoms with Gasteiger partial charge in [0.05, 0.1) is 17.7 Å². The summed E-state index contributed by atoms with van der Waals surface area (Å²) < 4.78 is 0. The molecule has 2 atom stereocenters. The van der Waals surface area contributed by atoms with Crippen molar-refractivity contribution in [3.05, 3.63) is 34.9 Å². The van der Waals surface area contributed by atoms with E-state index in [1.165, 1.54) is 0 Å². The number of nitrogens with zero attached hydrogens (tertiary/aromatic N) is 1. The molecule has 2 unspecified atom stereocenters. The minimum absolute atomic E-state index is 0.320. The normalized spacial score (nSPS) is 14.2. The molecule has 0 fully saturated rings. The number of hydrogen-bond acceptors (Lipinski definition) is 4. The highest BCUT2D eigenvalue weighted by atomic mass is 16.3. The van der Waals surface area contributed by atoms with Gasteiger partial charge in [-0.1, -0.05) is 12.1 Å². The van der Waals surface area contributed by atoms with Crippen LogP contribution in [0.3, 0.4) is 0 Å². The molecular formula is C12H16N2O2. The molecule has 0 spiro atoms. The third-order valence-corrected chi connectivity index (χ3v) is 2.49. The van der Waals surface area contributed by atoms with E-state index in [2.05, 4.69) is 11.4 Å². The first kappa shape index (κ1) is 12.7. The van der Waals surface area contributed by atoms with E-state index in [9.17, 15) is 10.2 Å². The Labute approximate surface area is 95.2 Å². The lowest BCUT2D eigenvalue weighted by Crippen LogP contribution is -2.29. The van der Waals surface area contributed by atoms with Crippen LogP contribution in [0.4, 0.5) is 0 Å². The van der Waals surface area contributed by atoms with E-state index < -0.39 is 12.2 Å². The number of benzene rings is 1. The van der Waals surface area contributed by atoms with E-state index in [1.54, 1.807) is 32.2 Å². The van der Waals surface area contributed by atoms with Crippen LogP contribution in [0.25, 0.3) is 0 Å². The first-order valence-electron chi connectivity index (χ1n) is 5.11. The van der Waals surface area contributed by atoms with Gasteiger partial charge in [0.2, 0.25) is 0 Å². The first-order chi connectivity index (χ1) is 7.60. The van der Waals surface area contributed by atoms with Crippen molar-refractivity contribution in [2.24, 2.45) is 0 Å². The Morgan fingerprint density at radius 2 is 2.12 bits per heavy atom. The lowest BCUT2D eigenvalue weighted by Gasteiger charge is -2.18. The van der Waals surface area contributed by atoms with Crippen LogP contribution >= 0.6 is 0 Å². The van der Waals surface area contributed by atoms with Gasteiger partial charge in [0.15, 0.2) is 0 Å². The predicted octanol–water partition coefficient (Wildman–Crippen LogP) is 0.480. The topological polar surface area (TPSA) is 76.3 Å². The van der Waals surface area contributed by atoms with Crippen LogP contribution in [0.15, 0.2) is 18.2 Å². The molecule has 1 aromatic carbocycles. The maximum absolute atomic E-state index is 9.84. The Bertz CT molecular complexity index is 398. The summed E-state index contributed by atoms with van der Waals surface area (Å²) in [5.74, 6) is 0. The number of aliphatic hydroxyl groups is 2. The van der Waals surface area contributed by atoms with E-state index >= 15 is 0 Å². The van der Waals surface area contributed by atoms with Gasteiger partial charge in [-0.25, -0.2) is 0 Å². The van der Waals surface area contributed by atoms with Crippen LogP contribution in [-0.4, -0.2) is 29.9 Å². The Morgan fingerprint density at radius 1 is 1.44 bits per heavy atom. The molecule has 1 aromatic rings. The van der Waals surface area contributed by atoms with Crippen molar-refractivity contribution in [2.75, 3.05) is 13.6 Å². The molecule has 16 heavy (non-hydrogen) atoms. The van der Waals surface area contributed by atoms with E-state index in [-0.39, 0.29) is 0 Å². The average molecular weight is 220 g/mol. The van der Waals surface area contributed by atoms with Gasteiger partial charge in [-0.2, -0.15) is 5.26 Å². The molecular weight excluding hydrogens is 204 g/mol. The lowest BCUT2D eigenvalue weighted by molar-refractivity contribution is 0.0202. The van der Waals surface area contributed by atoms with Gasteiger partial charge < -0.3 is 15.5 Å². The number of aryl methyl sites for hydroxylation is 1. The number of hydrogen-bond donors (Lipinski definition) is 3. The molecule has 0 heterocycles. The SMILES string of the molecule is CNCC(O)C(O)c1ccc(C#N)c(C)c1. The fourth-order valence-electron chi connectivity index (χ4n) is 1.54. The number of nitrogens with one attached hydrogen (secondary N) is 1. The molecule has 1 rings (SSSR count). The number of rotatable bonds is 4. The van der Waals surface area contributed by atoms with Crippen LogP contribution in [0.5, 0.6) is 0 Å². The highest BCUT2D eigenvalue weighted by Gasteiger charge is 2.17. The third kappa shape index (κ3) is 2.80. The highest BCUT2D eigenvalue weighted by molar-refractivity contribution is 5.40. The number of aliphatic hydroxyl groups excluding tert-OH is 2. The molecule has 4 nitrogen and oxygen atoms in total. The Balaban J connectivity index is 2.89. The summed E-state index contributed by atoms with van der Waals surface area (Å²) in [6.45, 7) is 2.12. The van der Waals surface area contributed by atoms with E-state index in [1.807, 2.05) is 0 Å². The largest absolute Gasteiger partial charge is 0.389 e. The molecule has 0 bridgehead atoms. The molecule has 0 aliphatic carbocycles. The average Bonchev–Trinajstić information content (AvgIpc) is 2.28. The van der Waals surface area contributed by atoms with Crippen molar-refractivity contribution in [1.29, 1.82) is 5.26 Å². The predicted molar refractivity (Wildman–Crippen MR) is 60.8 cm³/mol. The smallest absolute Gasteiger partial charge is 0.106 e. The molecule has 0 aromatic heterocycles. The maximum atomic E-state index is 9.84. The molecule has 0 aliphatic rings. The molecule has 86 valence electrons. The maximum Gasteiger partial charge on any atom is 0.106 e. The Kier molecular flexibility index (Phi) is 4.44. The van der Waals surface area contributed by atoms with Gasteiger partial charge in [-0.15, -0.1) is 0 Å². The summed E-state index contributed by atoms with van der Waals surface area (Å²) >= 11 is 0. The molecule has 4 heteroatoms. The molecule has 3 N–H and O–H groups in total. The quantitative estimate of drug-likeness (QED) is 0.690. The first-order valence-corrected chi connectivity index (χ1v) is 5.11. The van der Waals surface area contributed by atoms with Gasteiger partial charge in [0.1, 0.15) is 6.10 Å². The van der Waals surface area contributed by atoms with Crippen LogP contribution < -0.4 is 5.32 Å². The van der Waals surface area contributed by atoms with Crippen LogP contribution in [-0.2, 0) is 0 Å².